The minimum Gasteiger partial charge on any atom is -0.481 e. The highest BCUT2D eigenvalue weighted by Gasteiger charge is 2.38. The third-order valence-electron chi connectivity index (χ3n) is 8.43. The fourth-order valence-corrected chi connectivity index (χ4v) is 6.92. The van der Waals surface area contributed by atoms with E-state index in [2.05, 4.69) is 12.2 Å². The zero-order valence-electron chi connectivity index (χ0n) is 26.6. The SMILES string of the molecule is CC1C(CSc2ccccc2C(=O)O)OC(c2ccc(-c3ccccc3CNC(=O)CCCC(=O)O)cc2)OC1c1ccc(CO)cc1. The molecular weight excluding hydrogens is 630 g/mol. The van der Waals surface area contributed by atoms with Gasteiger partial charge in [0.25, 0.3) is 0 Å². The number of rotatable bonds is 14. The van der Waals surface area contributed by atoms with E-state index < -0.39 is 18.2 Å². The number of aliphatic hydroxyl groups excluding tert-OH is 1. The van der Waals surface area contributed by atoms with E-state index in [4.69, 9.17) is 14.6 Å². The lowest BCUT2D eigenvalue weighted by Crippen LogP contribution is -2.38. The fraction of sp³-hybridized carbons (Fsp3) is 0.289. The van der Waals surface area contributed by atoms with Gasteiger partial charge in [-0.25, -0.2) is 4.79 Å². The van der Waals surface area contributed by atoms with Gasteiger partial charge >= 0.3 is 11.9 Å². The molecule has 1 fully saturated rings. The summed E-state index contributed by atoms with van der Waals surface area (Å²) >= 11 is 1.45. The number of hydrogen-bond donors (Lipinski definition) is 4. The van der Waals surface area contributed by atoms with E-state index in [0.29, 0.717) is 23.6 Å². The summed E-state index contributed by atoms with van der Waals surface area (Å²) in [4.78, 5) is 35.5. The first-order valence-electron chi connectivity index (χ1n) is 15.9. The summed E-state index contributed by atoms with van der Waals surface area (Å²) < 4.78 is 13.2. The first-order valence-corrected chi connectivity index (χ1v) is 16.8. The molecule has 10 heteroatoms. The van der Waals surface area contributed by atoms with E-state index in [9.17, 15) is 24.6 Å². The molecule has 4 unspecified atom stereocenters. The predicted molar refractivity (Wildman–Crippen MR) is 182 cm³/mol. The number of amides is 1. The van der Waals surface area contributed by atoms with Crippen molar-refractivity contribution in [3.63, 3.8) is 0 Å². The number of thioether (sulfide) groups is 1. The van der Waals surface area contributed by atoms with Gasteiger partial charge in [-0.3, -0.25) is 9.59 Å². The van der Waals surface area contributed by atoms with Crippen LogP contribution in [0.3, 0.4) is 0 Å². The first-order chi connectivity index (χ1) is 23.2. The van der Waals surface area contributed by atoms with Crippen molar-refractivity contribution in [3.05, 3.63) is 125 Å². The quantitative estimate of drug-likeness (QED) is 0.104. The van der Waals surface area contributed by atoms with E-state index in [1.54, 1.807) is 12.1 Å². The van der Waals surface area contributed by atoms with Gasteiger partial charge in [-0.05, 0) is 46.4 Å². The van der Waals surface area contributed by atoms with Crippen LogP contribution >= 0.6 is 11.8 Å². The number of aliphatic hydroxyl groups is 1. The van der Waals surface area contributed by atoms with Crippen LogP contribution in [0.1, 0.15) is 71.2 Å². The Kier molecular flexibility index (Phi) is 12.0. The monoisotopic (exact) mass is 669 g/mol. The molecule has 0 saturated carbocycles. The van der Waals surface area contributed by atoms with Gasteiger partial charge < -0.3 is 30.1 Å². The van der Waals surface area contributed by atoms with Crippen LogP contribution in [-0.4, -0.2) is 45.0 Å². The average molecular weight is 670 g/mol. The van der Waals surface area contributed by atoms with Crippen LogP contribution in [0.5, 0.6) is 0 Å². The van der Waals surface area contributed by atoms with Crippen LogP contribution in [0.25, 0.3) is 11.1 Å². The van der Waals surface area contributed by atoms with Gasteiger partial charge in [0.05, 0.1) is 24.4 Å². The van der Waals surface area contributed by atoms with Gasteiger partial charge in [-0.15, -0.1) is 11.8 Å². The van der Waals surface area contributed by atoms with Crippen molar-refractivity contribution in [1.29, 1.82) is 0 Å². The summed E-state index contributed by atoms with van der Waals surface area (Å²) in [5.41, 5.74) is 5.69. The van der Waals surface area contributed by atoms with Crippen molar-refractivity contribution in [1.82, 2.24) is 5.32 Å². The van der Waals surface area contributed by atoms with Crippen molar-refractivity contribution in [2.75, 3.05) is 5.75 Å². The molecular formula is C38H39NO8S. The normalized spacial score (nSPS) is 19.0. The van der Waals surface area contributed by atoms with Crippen LogP contribution in [0, 0.1) is 5.92 Å². The number of nitrogens with one attached hydrogen (secondary N) is 1. The van der Waals surface area contributed by atoms with E-state index in [1.165, 1.54) is 11.8 Å². The highest BCUT2D eigenvalue weighted by molar-refractivity contribution is 7.99. The Balaban J connectivity index is 1.34. The second kappa shape index (κ2) is 16.6. The summed E-state index contributed by atoms with van der Waals surface area (Å²) in [5.74, 6) is -1.63. The predicted octanol–water partition coefficient (Wildman–Crippen LogP) is 7.00. The summed E-state index contributed by atoms with van der Waals surface area (Å²) in [6, 6.07) is 30.3. The molecule has 1 aliphatic rings. The summed E-state index contributed by atoms with van der Waals surface area (Å²) in [6.07, 6.45) is -0.856. The van der Waals surface area contributed by atoms with Gasteiger partial charge in [0.1, 0.15) is 0 Å². The average Bonchev–Trinajstić information content (AvgIpc) is 3.10. The number of aromatic carboxylic acids is 1. The summed E-state index contributed by atoms with van der Waals surface area (Å²) in [7, 11) is 0. The number of carboxylic acids is 2. The molecule has 1 heterocycles. The number of ether oxygens (including phenoxy) is 2. The van der Waals surface area contributed by atoms with Crippen molar-refractivity contribution >= 4 is 29.6 Å². The van der Waals surface area contributed by atoms with Gasteiger partial charge in [0.2, 0.25) is 5.91 Å². The molecule has 1 amide bonds. The molecule has 0 spiro atoms. The number of carbonyl (C=O) groups excluding carboxylic acids is 1. The number of carboxylic acid groups (broad SMARTS) is 2. The lowest BCUT2D eigenvalue weighted by atomic mass is 9.91. The molecule has 250 valence electrons. The molecule has 4 N–H and O–H groups in total. The van der Waals surface area contributed by atoms with Crippen LogP contribution in [0.2, 0.25) is 0 Å². The Morgan fingerprint density at radius 2 is 1.50 bits per heavy atom. The smallest absolute Gasteiger partial charge is 0.336 e. The van der Waals surface area contributed by atoms with E-state index in [0.717, 1.165) is 33.4 Å². The third kappa shape index (κ3) is 8.90. The van der Waals surface area contributed by atoms with Gasteiger partial charge in [0, 0.05) is 41.5 Å². The van der Waals surface area contributed by atoms with Crippen molar-refractivity contribution in [2.24, 2.45) is 5.92 Å². The number of hydrogen-bond acceptors (Lipinski definition) is 7. The highest BCUT2D eigenvalue weighted by Crippen LogP contribution is 2.43. The Hall–Kier alpha value is -4.48. The lowest BCUT2D eigenvalue weighted by molar-refractivity contribution is -0.268. The maximum atomic E-state index is 12.3. The van der Waals surface area contributed by atoms with Gasteiger partial charge in [-0.1, -0.05) is 91.9 Å². The first kappa shape index (κ1) is 34.8. The van der Waals surface area contributed by atoms with Crippen molar-refractivity contribution < 1.29 is 39.2 Å². The second-order valence-corrected chi connectivity index (χ2v) is 12.8. The Labute approximate surface area is 283 Å². The topological polar surface area (TPSA) is 142 Å². The van der Waals surface area contributed by atoms with Gasteiger partial charge in [0.15, 0.2) is 6.29 Å². The van der Waals surface area contributed by atoms with Crippen LogP contribution in [-0.2, 0) is 32.2 Å². The number of carbonyl (C=O) groups is 3. The molecule has 4 aromatic carbocycles. The molecule has 4 atom stereocenters. The molecule has 0 aromatic heterocycles. The molecule has 0 radical (unpaired) electrons. The van der Waals surface area contributed by atoms with Crippen LogP contribution in [0.4, 0.5) is 0 Å². The molecule has 1 saturated heterocycles. The fourth-order valence-electron chi connectivity index (χ4n) is 5.71. The summed E-state index contributed by atoms with van der Waals surface area (Å²) in [6.45, 7) is 2.34. The highest BCUT2D eigenvalue weighted by atomic mass is 32.2. The molecule has 0 bridgehead atoms. The molecule has 9 nitrogen and oxygen atoms in total. The summed E-state index contributed by atoms with van der Waals surface area (Å²) in [5, 5.41) is 31.0. The minimum absolute atomic E-state index is 0.0430. The maximum Gasteiger partial charge on any atom is 0.336 e. The maximum absolute atomic E-state index is 12.3. The number of benzene rings is 4. The number of aliphatic carboxylic acids is 1. The van der Waals surface area contributed by atoms with Crippen molar-refractivity contribution in [2.45, 2.75) is 62.7 Å². The van der Waals surface area contributed by atoms with Crippen LogP contribution in [0.15, 0.2) is 102 Å². The van der Waals surface area contributed by atoms with Gasteiger partial charge in [-0.2, -0.15) is 0 Å². The Morgan fingerprint density at radius 3 is 2.21 bits per heavy atom. The Morgan fingerprint density at radius 1 is 0.812 bits per heavy atom. The molecule has 0 aliphatic carbocycles. The molecule has 1 aliphatic heterocycles. The second-order valence-electron chi connectivity index (χ2n) is 11.7. The largest absolute Gasteiger partial charge is 0.481 e. The molecule has 4 aromatic rings. The minimum atomic E-state index is -0.974. The lowest BCUT2D eigenvalue weighted by Gasteiger charge is -2.41. The zero-order chi connectivity index (χ0) is 34.0. The van der Waals surface area contributed by atoms with Crippen molar-refractivity contribution in [3.8, 4) is 11.1 Å². The zero-order valence-corrected chi connectivity index (χ0v) is 27.4. The van der Waals surface area contributed by atoms with E-state index in [-0.39, 0.29) is 49.0 Å². The van der Waals surface area contributed by atoms with E-state index in [1.807, 2.05) is 84.9 Å². The van der Waals surface area contributed by atoms with E-state index >= 15 is 0 Å². The molecule has 48 heavy (non-hydrogen) atoms. The standard InChI is InChI=1S/C38H39NO8S/c1-24-32(23-48-33-10-5-4-9-31(33)37(44)45)46-38(47-36(24)27-15-13-25(22-40)14-16-27)28-19-17-26(18-20-28)30-8-3-2-7-29(30)21-39-34(41)11-6-12-35(42)43/h2-5,7-10,13-20,24,32,36,38,40H,6,11-12,21-23H2,1H3,(H,39,41)(H,42,43)(H,44,45). The molecule has 5 rings (SSSR count). The third-order valence-corrected chi connectivity index (χ3v) is 9.59. The Bertz CT molecular complexity index is 1710. The van der Waals surface area contributed by atoms with Crippen LogP contribution < -0.4 is 5.32 Å².